The molecule has 3 N–H and O–H groups in total. The van der Waals surface area contributed by atoms with E-state index < -0.39 is 0 Å². The minimum atomic E-state index is -0.129. The first-order chi connectivity index (χ1) is 8.47. The number of rotatable bonds is 2. The minimum absolute atomic E-state index is 0.129. The number of carbonyl (C=O) groups is 1. The molecule has 0 fully saturated rings. The van der Waals surface area contributed by atoms with Gasteiger partial charge in [0.1, 0.15) is 0 Å². The lowest BCUT2D eigenvalue weighted by molar-refractivity contribution is 0.103. The van der Waals surface area contributed by atoms with Crippen LogP contribution < -0.4 is 11.1 Å². The molecule has 1 amide bonds. The molecule has 0 radical (unpaired) electrons. The highest BCUT2D eigenvalue weighted by Crippen LogP contribution is 2.28. The molecule has 0 spiro atoms. The largest absolute Gasteiger partial charge is 0.398 e. The Morgan fingerprint density at radius 1 is 1.33 bits per heavy atom. The molecule has 2 aromatic rings. The number of aryl methyl sites for hydroxylation is 1. The Balaban J connectivity index is 2.18. The van der Waals surface area contributed by atoms with Crippen LogP contribution in [0.4, 0.5) is 11.4 Å². The van der Waals surface area contributed by atoms with E-state index in [0.29, 0.717) is 16.3 Å². The monoisotopic (exact) mass is 388 g/mol. The number of amides is 1. The molecular formula is C12H10Br2N2OS. The van der Waals surface area contributed by atoms with E-state index in [-0.39, 0.29) is 5.91 Å². The number of carbonyl (C=O) groups excluding carboxylic acids is 1. The molecule has 1 aromatic carbocycles. The van der Waals surface area contributed by atoms with Gasteiger partial charge < -0.3 is 11.1 Å². The van der Waals surface area contributed by atoms with Crippen molar-refractivity contribution in [1.82, 2.24) is 0 Å². The van der Waals surface area contributed by atoms with Crippen LogP contribution in [0.1, 0.15) is 15.2 Å². The van der Waals surface area contributed by atoms with Crippen LogP contribution in [0.5, 0.6) is 0 Å². The number of nitrogens with two attached hydrogens (primary N) is 1. The highest BCUT2D eigenvalue weighted by atomic mass is 79.9. The zero-order valence-electron chi connectivity index (χ0n) is 9.46. The maximum absolute atomic E-state index is 12.0. The molecule has 94 valence electrons. The van der Waals surface area contributed by atoms with Gasteiger partial charge in [-0.25, -0.2) is 0 Å². The molecule has 18 heavy (non-hydrogen) atoms. The predicted octanol–water partition coefficient (Wildman–Crippen LogP) is 4.42. The number of halogens is 2. The first kappa shape index (κ1) is 13.6. The van der Waals surface area contributed by atoms with Gasteiger partial charge in [-0.2, -0.15) is 0 Å². The van der Waals surface area contributed by atoms with Crippen molar-refractivity contribution in [2.75, 3.05) is 11.1 Å². The number of nitrogen functional groups attached to an aromatic ring is 1. The minimum Gasteiger partial charge on any atom is -0.398 e. The molecular weight excluding hydrogens is 380 g/mol. The molecule has 0 atom stereocenters. The van der Waals surface area contributed by atoms with Gasteiger partial charge in [-0.15, -0.1) is 11.3 Å². The summed E-state index contributed by atoms with van der Waals surface area (Å²) in [5.41, 5.74) is 8.09. The maximum Gasteiger partial charge on any atom is 0.265 e. The fourth-order valence-electron chi connectivity index (χ4n) is 1.39. The van der Waals surface area contributed by atoms with Gasteiger partial charge in [0.2, 0.25) is 0 Å². The lowest BCUT2D eigenvalue weighted by Crippen LogP contribution is -2.10. The summed E-state index contributed by atoms with van der Waals surface area (Å²) in [6.07, 6.45) is 0. The van der Waals surface area contributed by atoms with E-state index >= 15 is 0 Å². The van der Waals surface area contributed by atoms with Gasteiger partial charge in [0.25, 0.3) is 5.91 Å². The average molecular weight is 390 g/mol. The molecule has 0 unspecified atom stereocenters. The highest BCUT2D eigenvalue weighted by molar-refractivity contribution is 9.11. The second-order valence-corrected chi connectivity index (χ2v) is 6.98. The molecule has 3 nitrogen and oxygen atoms in total. The van der Waals surface area contributed by atoms with E-state index in [1.54, 1.807) is 18.2 Å². The van der Waals surface area contributed by atoms with E-state index in [4.69, 9.17) is 5.73 Å². The lowest BCUT2D eigenvalue weighted by Gasteiger charge is -2.05. The van der Waals surface area contributed by atoms with Crippen molar-refractivity contribution in [3.05, 3.63) is 43.0 Å². The molecule has 0 aliphatic heterocycles. The zero-order chi connectivity index (χ0) is 13.3. The van der Waals surface area contributed by atoms with E-state index in [2.05, 4.69) is 37.2 Å². The predicted molar refractivity (Wildman–Crippen MR) is 83.3 cm³/mol. The van der Waals surface area contributed by atoms with Crippen molar-refractivity contribution < 1.29 is 4.79 Å². The summed E-state index contributed by atoms with van der Waals surface area (Å²) in [4.78, 5) is 12.7. The highest BCUT2D eigenvalue weighted by Gasteiger charge is 2.11. The van der Waals surface area contributed by atoms with Gasteiger partial charge in [-0.3, -0.25) is 4.79 Å². The Hall–Kier alpha value is -0.850. The number of anilines is 2. The first-order valence-corrected chi connectivity index (χ1v) is 7.50. The Kier molecular flexibility index (Phi) is 4.09. The van der Waals surface area contributed by atoms with Crippen LogP contribution in [-0.2, 0) is 0 Å². The third kappa shape index (κ3) is 2.93. The van der Waals surface area contributed by atoms with Crippen LogP contribution in [0.25, 0.3) is 0 Å². The van der Waals surface area contributed by atoms with Crippen LogP contribution in [0.3, 0.4) is 0 Å². The molecule has 1 heterocycles. The normalized spacial score (nSPS) is 10.4. The van der Waals surface area contributed by atoms with Crippen molar-refractivity contribution in [2.24, 2.45) is 0 Å². The van der Waals surface area contributed by atoms with Crippen LogP contribution in [0, 0.1) is 6.92 Å². The molecule has 0 bridgehead atoms. The summed E-state index contributed by atoms with van der Waals surface area (Å²) in [6, 6.07) is 7.18. The summed E-state index contributed by atoms with van der Waals surface area (Å²) in [5, 5.41) is 2.82. The number of thiophene rings is 1. The second kappa shape index (κ2) is 5.42. The summed E-state index contributed by atoms with van der Waals surface area (Å²) < 4.78 is 1.79. The van der Waals surface area contributed by atoms with Crippen LogP contribution >= 0.6 is 43.2 Å². The van der Waals surface area contributed by atoms with Gasteiger partial charge in [-0.05, 0) is 68.6 Å². The van der Waals surface area contributed by atoms with Gasteiger partial charge in [-0.1, -0.05) is 0 Å². The number of nitrogens with one attached hydrogen (secondary N) is 1. The van der Waals surface area contributed by atoms with E-state index in [1.165, 1.54) is 11.3 Å². The molecule has 0 saturated heterocycles. The van der Waals surface area contributed by atoms with E-state index in [1.807, 2.05) is 13.0 Å². The molecule has 0 aliphatic rings. The first-order valence-electron chi connectivity index (χ1n) is 5.09. The topological polar surface area (TPSA) is 55.1 Å². The quantitative estimate of drug-likeness (QED) is 0.747. The molecule has 0 aliphatic carbocycles. The summed E-state index contributed by atoms with van der Waals surface area (Å²) in [6.45, 7) is 1.95. The Morgan fingerprint density at radius 2 is 2.06 bits per heavy atom. The standard InChI is InChI=1S/C12H10Br2N2OS/c1-6-4-10(18-11(6)14)12(17)16-7-2-3-8(13)9(15)5-7/h2-5H,15H2,1H3,(H,16,17). The summed E-state index contributed by atoms with van der Waals surface area (Å²) in [7, 11) is 0. The molecule has 0 saturated carbocycles. The van der Waals surface area contributed by atoms with Crippen molar-refractivity contribution in [3.8, 4) is 0 Å². The zero-order valence-corrected chi connectivity index (χ0v) is 13.4. The maximum atomic E-state index is 12.0. The molecule has 1 aromatic heterocycles. The van der Waals surface area contributed by atoms with Gasteiger partial charge in [0, 0.05) is 15.8 Å². The molecule has 2 rings (SSSR count). The van der Waals surface area contributed by atoms with Crippen molar-refractivity contribution in [1.29, 1.82) is 0 Å². The number of benzene rings is 1. The third-order valence-corrected chi connectivity index (χ3v) is 5.19. The van der Waals surface area contributed by atoms with Crippen LogP contribution in [0.2, 0.25) is 0 Å². The lowest BCUT2D eigenvalue weighted by atomic mass is 10.2. The van der Waals surface area contributed by atoms with Gasteiger partial charge in [0.15, 0.2) is 0 Å². The Bertz CT molecular complexity index is 591. The summed E-state index contributed by atoms with van der Waals surface area (Å²) >= 11 is 8.13. The average Bonchev–Trinajstić information content (AvgIpc) is 2.65. The van der Waals surface area contributed by atoms with E-state index in [0.717, 1.165) is 13.8 Å². The third-order valence-electron chi connectivity index (χ3n) is 2.33. The SMILES string of the molecule is Cc1cc(C(=O)Nc2ccc(Br)c(N)c2)sc1Br. The number of hydrogen-bond acceptors (Lipinski definition) is 3. The van der Waals surface area contributed by atoms with Crippen LogP contribution in [0.15, 0.2) is 32.5 Å². The fraction of sp³-hybridized carbons (Fsp3) is 0.0833. The summed E-state index contributed by atoms with van der Waals surface area (Å²) in [5.74, 6) is -0.129. The Labute approximate surface area is 126 Å². The van der Waals surface area contributed by atoms with Gasteiger partial charge in [0.05, 0.1) is 8.66 Å². The van der Waals surface area contributed by atoms with Crippen LogP contribution in [-0.4, -0.2) is 5.91 Å². The van der Waals surface area contributed by atoms with Gasteiger partial charge >= 0.3 is 0 Å². The van der Waals surface area contributed by atoms with E-state index in [9.17, 15) is 4.79 Å². The Morgan fingerprint density at radius 3 is 2.61 bits per heavy atom. The smallest absolute Gasteiger partial charge is 0.265 e. The molecule has 6 heteroatoms. The van der Waals surface area contributed by atoms with Crippen molar-refractivity contribution in [2.45, 2.75) is 6.92 Å². The van der Waals surface area contributed by atoms with Crippen molar-refractivity contribution >= 4 is 60.5 Å². The fourth-order valence-corrected chi connectivity index (χ4v) is 3.06. The number of hydrogen-bond donors (Lipinski definition) is 2. The second-order valence-electron chi connectivity index (χ2n) is 3.76. The van der Waals surface area contributed by atoms with Crippen molar-refractivity contribution in [3.63, 3.8) is 0 Å².